The molecule has 0 radical (unpaired) electrons. The van der Waals surface area contributed by atoms with Crippen molar-refractivity contribution in [2.24, 2.45) is 5.73 Å². The van der Waals surface area contributed by atoms with Crippen molar-refractivity contribution in [3.8, 4) is 0 Å². The van der Waals surface area contributed by atoms with Crippen LogP contribution in [0.1, 0.15) is 44.7 Å². The van der Waals surface area contributed by atoms with Crippen LogP contribution >= 0.6 is 15.9 Å². The van der Waals surface area contributed by atoms with Gasteiger partial charge in [-0.1, -0.05) is 41.4 Å². The van der Waals surface area contributed by atoms with Crippen LogP contribution in [0.5, 0.6) is 0 Å². The van der Waals surface area contributed by atoms with Gasteiger partial charge in [-0.25, -0.2) is 0 Å². The fraction of sp³-hybridized carbons (Fsp3) is 0.500. The van der Waals surface area contributed by atoms with E-state index in [1.54, 1.807) is 0 Å². The molecule has 0 fully saturated rings. The van der Waals surface area contributed by atoms with Crippen molar-refractivity contribution < 1.29 is 4.79 Å². The van der Waals surface area contributed by atoms with E-state index in [-0.39, 0.29) is 18.0 Å². The Kier molecular flexibility index (Phi) is 6.36. The second-order valence-corrected chi connectivity index (χ2v) is 5.51. The zero-order valence-corrected chi connectivity index (χ0v) is 12.5. The van der Waals surface area contributed by atoms with Crippen LogP contribution in [0.15, 0.2) is 28.7 Å². The molecule has 0 aliphatic carbocycles. The Labute approximate surface area is 117 Å². The van der Waals surface area contributed by atoms with Crippen molar-refractivity contribution in [2.45, 2.75) is 45.2 Å². The third-order valence-electron chi connectivity index (χ3n) is 2.83. The van der Waals surface area contributed by atoms with Gasteiger partial charge in [0.25, 0.3) is 0 Å². The lowest BCUT2D eigenvalue weighted by Crippen LogP contribution is -2.33. The Hall–Kier alpha value is -0.870. The molecule has 0 aliphatic heterocycles. The highest BCUT2D eigenvalue weighted by atomic mass is 79.9. The van der Waals surface area contributed by atoms with Crippen LogP contribution in [0.4, 0.5) is 0 Å². The molecule has 1 amide bonds. The Morgan fingerprint density at radius 2 is 2.22 bits per heavy atom. The van der Waals surface area contributed by atoms with Crippen LogP contribution in [0, 0.1) is 0 Å². The molecule has 0 saturated carbocycles. The van der Waals surface area contributed by atoms with Gasteiger partial charge in [-0.2, -0.15) is 0 Å². The molecule has 100 valence electrons. The summed E-state index contributed by atoms with van der Waals surface area (Å²) in [7, 11) is 0. The number of nitrogens with two attached hydrogens (primary N) is 1. The van der Waals surface area contributed by atoms with Crippen molar-refractivity contribution in [3.63, 3.8) is 0 Å². The van der Waals surface area contributed by atoms with E-state index in [1.807, 2.05) is 31.2 Å². The minimum absolute atomic E-state index is 0.00354. The molecule has 2 atom stereocenters. The molecule has 0 spiro atoms. The van der Waals surface area contributed by atoms with E-state index in [0.717, 1.165) is 22.9 Å². The minimum Gasteiger partial charge on any atom is -0.350 e. The summed E-state index contributed by atoms with van der Waals surface area (Å²) in [5.41, 5.74) is 6.94. The molecule has 0 bridgehead atoms. The molecular formula is C14H21BrN2O. The zero-order valence-electron chi connectivity index (χ0n) is 10.9. The van der Waals surface area contributed by atoms with Gasteiger partial charge in [-0.15, -0.1) is 0 Å². The maximum Gasteiger partial charge on any atom is 0.222 e. The van der Waals surface area contributed by atoms with E-state index >= 15 is 0 Å². The van der Waals surface area contributed by atoms with Crippen LogP contribution in [-0.4, -0.2) is 11.9 Å². The standard InChI is InChI=1S/C14H21BrN2O/c1-3-5-13(16)9-14(18)17-10(2)11-6-4-7-12(15)8-11/h4,6-8,10,13H,3,5,9,16H2,1-2H3,(H,17,18). The van der Waals surface area contributed by atoms with Gasteiger partial charge in [0, 0.05) is 16.9 Å². The highest BCUT2D eigenvalue weighted by Crippen LogP contribution is 2.17. The summed E-state index contributed by atoms with van der Waals surface area (Å²) in [6.07, 6.45) is 2.29. The third-order valence-corrected chi connectivity index (χ3v) is 3.33. The molecule has 1 aromatic rings. The van der Waals surface area contributed by atoms with Crippen molar-refractivity contribution in [1.29, 1.82) is 0 Å². The molecule has 0 heterocycles. The van der Waals surface area contributed by atoms with E-state index < -0.39 is 0 Å². The number of amides is 1. The first-order valence-electron chi connectivity index (χ1n) is 6.33. The van der Waals surface area contributed by atoms with Crippen LogP contribution < -0.4 is 11.1 Å². The molecule has 1 aromatic carbocycles. The second kappa shape index (κ2) is 7.54. The number of rotatable bonds is 6. The molecule has 4 heteroatoms. The molecule has 0 aliphatic rings. The lowest BCUT2D eigenvalue weighted by Gasteiger charge is -2.16. The Bertz CT molecular complexity index is 395. The lowest BCUT2D eigenvalue weighted by molar-refractivity contribution is -0.122. The Morgan fingerprint density at radius 3 is 2.83 bits per heavy atom. The average Bonchev–Trinajstić information content (AvgIpc) is 2.28. The first-order chi connectivity index (χ1) is 8.52. The minimum atomic E-state index is -0.0373. The van der Waals surface area contributed by atoms with Gasteiger partial charge in [0.05, 0.1) is 6.04 Å². The number of carbonyl (C=O) groups excluding carboxylic acids is 1. The van der Waals surface area contributed by atoms with E-state index in [1.165, 1.54) is 0 Å². The summed E-state index contributed by atoms with van der Waals surface area (Å²) < 4.78 is 1.02. The van der Waals surface area contributed by atoms with E-state index in [2.05, 4.69) is 28.2 Å². The number of nitrogens with one attached hydrogen (secondary N) is 1. The van der Waals surface area contributed by atoms with Gasteiger partial charge in [0.2, 0.25) is 5.91 Å². The van der Waals surface area contributed by atoms with E-state index in [4.69, 9.17) is 5.73 Å². The summed E-state index contributed by atoms with van der Waals surface area (Å²) in [6.45, 7) is 4.05. The van der Waals surface area contributed by atoms with E-state index in [9.17, 15) is 4.79 Å². The summed E-state index contributed by atoms with van der Waals surface area (Å²) >= 11 is 3.42. The fourth-order valence-corrected chi connectivity index (χ4v) is 2.29. The highest BCUT2D eigenvalue weighted by molar-refractivity contribution is 9.10. The van der Waals surface area contributed by atoms with E-state index in [0.29, 0.717) is 6.42 Å². The number of hydrogen-bond donors (Lipinski definition) is 2. The second-order valence-electron chi connectivity index (χ2n) is 4.60. The molecule has 0 saturated heterocycles. The summed E-state index contributed by atoms with van der Waals surface area (Å²) in [6, 6.07) is 7.91. The van der Waals surface area contributed by atoms with Crippen LogP contribution in [-0.2, 0) is 4.79 Å². The maximum atomic E-state index is 11.8. The van der Waals surface area contributed by atoms with Crippen LogP contribution in [0.2, 0.25) is 0 Å². The highest BCUT2D eigenvalue weighted by Gasteiger charge is 2.12. The molecule has 2 unspecified atom stereocenters. The third kappa shape index (κ3) is 5.19. The molecule has 3 N–H and O–H groups in total. The van der Waals surface area contributed by atoms with Gasteiger partial charge in [-0.05, 0) is 31.0 Å². The largest absolute Gasteiger partial charge is 0.350 e. The van der Waals surface area contributed by atoms with Crippen molar-refractivity contribution in [3.05, 3.63) is 34.3 Å². The predicted molar refractivity (Wildman–Crippen MR) is 78.2 cm³/mol. The van der Waals surface area contributed by atoms with Gasteiger partial charge in [0.1, 0.15) is 0 Å². The summed E-state index contributed by atoms with van der Waals surface area (Å²) in [4.78, 5) is 11.8. The topological polar surface area (TPSA) is 55.1 Å². The normalized spacial score (nSPS) is 14.0. The van der Waals surface area contributed by atoms with Crippen molar-refractivity contribution in [1.82, 2.24) is 5.32 Å². The SMILES string of the molecule is CCCC(N)CC(=O)NC(C)c1cccc(Br)c1. The monoisotopic (exact) mass is 312 g/mol. The van der Waals surface area contributed by atoms with Crippen LogP contribution in [0.25, 0.3) is 0 Å². The number of hydrogen-bond acceptors (Lipinski definition) is 2. The van der Waals surface area contributed by atoms with Crippen molar-refractivity contribution >= 4 is 21.8 Å². The van der Waals surface area contributed by atoms with Crippen molar-refractivity contribution in [2.75, 3.05) is 0 Å². The summed E-state index contributed by atoms with van der Waals surface area (Å²) in [5, 5.41) is 2.97. The molecule has 1 rings (SSSR count). The molecule has 0 aromatic heterocycles. The Morgan fingerprint density at radius 1 is 1.50 bits per heavy atom. The summed E-state index contributed by atoms with van der Waals surface area (Å²) in [5.74, 6) is 0.0171. The lowest BCUT2D eigenvalue weighted by atomic mass is 10.1. The number of carbonyl (C=O) groups is 1. The van der Waals surface area contributed by atoms with Gasteiger partial charge in [-0.3, -0.25) is 4.79 Å². The van der Waals surface area contributed by atoms with Crippen LogP contribution in [0.3, 0.4) is 0 Å². The Balaban J connectivity index is 2.49. The maximum absolute atomic E-state index is 11.8. The smallest absolute Gasteiger partial charge is 0.222 e. The average molecular weight is 313 g/mol. The molecule has 3 nitrogen and oxygen atoms in total. The predicted octanol–water partition coefficient (Wildman–Crippen LogP) is 3.14. The molecular weight excluding hydrogens is 292 g/mol. The fourth-order valence-electron chi connectivity index (χ4n) is 1.87. The van der Waals surface area contributed by atoms with Gasteiger partial charge in [0.15, 0.2) is 0 Å². The quantitative estimate of drug-likeness (QED) is 0.847. The first-order valence-corrected chi connectivity index (χ1v) is 7.12. The first kappa shape index (κ1) is 15.2. The zero-order chi connectivity index (χ0) is 13.5. The van der Waals surface area contributed by atoms with Gasteiger partial charge >= 0.3 is 0 Å². The number of halogens is 1. The molecule has 18 heavy (non-hydrogen) atoms. The van der Waals surface area contributed by atoms with Gasteiger partial charge < -0.3 is 11.1 Å². The number of benzene rings is 1.